The highest BCUT2D eigenvalue weighted by Gasteiger charge is 2.03. The Hall–Kier alpha value is -1.53. The monoisotopic (exact) mass is 232 g/mol. The van der Waals surface area contributed by atoms with Crippen LogP contribution in [0.1, 0.15) is 37.8 Å². The Kier molecular flexibility index (Phi) is 6.13. The van der Waals surface area contributed by atoms with Crippen LogP contribution < -0.4 is 10.1 Å². The Labute approximate surface area is 103 Å². The van der Waals surface area contributed by atoms with E-state index >= 15 is 0 Å². The maximum absolute atomic E-state index is 8.42. The highest BCUT2D eigenvalue weighted by atomic mass is 16.5. The van der Waals surface area contributed by atoms with Crippen LogP contribution in [0.4, 0.5) is 0 Å². The fourth-order valence-electron chi connectivity index (χ4n) is 1.66. The largest absolute Gasteiger partial charge is 0.497 e. The van der Waals surface area contributed by atoms with Crippen LogP contribution in [0.2, 0.25) is 0 Å². The number of methoxy groups -OCH3 is 1. The van der Waals surface area contributed by atoms with Crippen molar-refractivity contribution in [3.8, 4) is 11.8 Å². The first-order valence-electron chi connectivity index (χ1n) is 6.02. The van der Waals surface area contributed by atoms with E-state index in [-0.39, 0.29) is 0 Å². The van der Waals surface area contributed by atoms with Crippen molar-refractivity contribution in [2.75, 3.05) is 13.7 Å². The Bertz CT molecular complexity index is 353. The van der Waals surface area contributed by atoms with E-state index in [1.807, 2.05) is 12.1 Å². The quantitative estimate of drug-likeness (QED) is 0.735. The van der Waals surface area contributed by atoms with Crippen molar-refractivity contribution < 1.29 is 4.74 Å². The summed E-state index contributed by atoms with van der Waals surface area (Å²) in [7, 11) is 1.67. The molecule has 17 heavy (non-hydrogen) atoms. The molecule has 0 radical (unpaired) electrons. The summed E-state index contributed by atoms with van der Waals surface area (Å²) in [5.41, 5.74) is 1.26. The number of unbranched alkanes of at least 4 members (excludes halogenated alkanes) is 2. The van der Waals surface area contributed by atoms with Crippen molar-refractivity contribution in [3.05, 3.63) is 29.8 Å². The van der Waals surface area contributed by atoms with Crippen LogP contribution in [0.5, 0.6) is 5.75 Å². The van der Waals surface area contributed by atoms with Gasteiger partial charge in [0.2, 0.25) is 0 Å². The maximum atomic E-state index is 8.42. The molecule has 1 atom stereocenters. The SMILES string of the molecule is COc1ccc([C@H](C)NCCCCC#N)cc1. The van der Waals surface area contributed by atoms with Gasteiger partial charge in [-0.15, -0.1) is 0 Å². The van der Waals surface area contributed by atoms with Crippen molar-refractivity contribution in [3.63, 3.8) is 0 Å². The minimum Gasteiger partial charge on any atom is -0.497 e. The van der Waals surface area contributed by atoms with E-state index in [0.717, 1.165) is 25.1 Å². The van der Waals surface area contributed by atoms with Crippen LogP contribution >= 0.6 is 0 Å². The molecular formula is C14H20N2O. The van der Waals surface area contributed by atoms with Crippen molar-refractivity contribution in [2.24, 2.45) is 0 Å². The van der Waals surface area contributed by atoms with Crippen LogP contribution in [0, 0.1) is 11.3 Å². The number of ether oxygens (including phenoxy) is 1. The molecule has 0 aliphatic rings. The summed E-state index contributed by atoms with van der Waals surface area (Å²) in [4.78, 5) is 0. The Balaban J connectivity index is 2.31. The average molecular weight is 232 g/mol. The smallest absolute Gasteiger partial charge is 0.118 e. The molecule has 92 valence electrons. The summed E-state index contributed by atoms with van der Waals surface area (Å²) >= 11 is 0. The first-order valence-corrected chi connectivity index (χ1v) is 6.02. The molecule has 1 rings (SSSR count). The lowest BCUT2D eigenvalue weighted by molar-refractivity contribution is 0.414. The second-order valence-electron chi connectivity index (χ2n) is 4.06. The molecule has 0 aromatic heterocycles. The highest BCUT2D eigenvalue weighted by Crippen LogP contribution is 2.17. The molecule has 0 unspecified atom stereocenters. The van der Waals surface area contributed by atoms with Gasteiger partial charge in [-0.25, -0.2) is 0 Å². The fraction of sp³-hybridized carbons (Fsp3) is 0.500. The maximum Gasteiger partial charge on any atom is 0.118 e. The van der Waals surface area contributed by atoms with Gasteiger partial charge >= 0.3 is 0 Å². The van der Waals surface area contributed by atoms with Gasteiger partial charge in [0, 0.05) is 12.5 Å². The van der Waals surface area contributed by atoms with E-state index < -0.39 is 0 Å². The van der Waals surface area contributed by atoms with Crippen LogP contribution in [-0.4, -0.2) is 13.7 Å². The highest BCUT2D eigenvalue weighted by molar-refractivity contribution is 5.28. The molecular weight excluding hydrogens is 212 g/mol. The molecule has 0 fully saturated rings. The van der Waals surface area contributed by atoms with E-state index in [2.05, 4.69) is 30.4 Å². The second-order valence-corrected chi connectivity index (χ2v) is 4.06. The van der Waals surface area contributed by atoms with Gasteiger partial charge in [0.25, 0.3) is 0 Å². The molecule has 3 heteroatoms. The van der Waals surface area contributed by atoms with Gasteiger partial charge in [0.05, 0.1) is 13.2 Å². The van der Waals surface area contributed by atoms with Crippen LogP contribution in [0.3, 0.4) is 0 Å². The molecule has 0 saturated heterocycles. The van der Waals surface area contributed by atoms with Crippen molar-refractivity contribution in [1.82, 2.24) is 5.32 Å². The molecule has 0 saturated carbocycles. The zero-order valence-electron chi connectivity index (χ0n) is 10.6. The molecule has 0 aliphatic heterocycles. The van der Waals surface area contributed by atoms with Gasteiger partial charge in [-0.1, -0.05) is 12.1 Å². The molecule has 1 aromatic carbocycles. The van der Waals surface area contributed by atoms with Crippen molar-refractivity contribution in [1.29, 1.82) is 5.26 Å². The third-order valence-corrected chi connectivity index (χ3v) is 2.78. The predicted molar refractivity (Wildman–Crippen MR) is 68.9 cm³/mol. The van der Waals surface area contributed by atoms with Crippen molar-refractivity contribution in [2.45, 2.75) is 32.2 Å². The normalized spacial score (nSPS) is 11.8. The van der Waals surface area contributed by atoms with Crippen molar-refractivity contribution >= 4 is 0 Å². The summed E-state index contributed by atoms with van der Waals surface area (Å²) in [6, 6.07) is 10.6. The summed E-state index contributed by atoms with van der Waals surface area (Å²) in [5, 5.41) is 11.9. The number of rotatable bonds is 7. The number of nitriles is 1. The lowest BCUT2D eigenvalue weighted by Gasteiger charge is -2.14. The molecule has 0 heterocycles. The Morgan fingerprint density at radius 3 is 2.59 bits per heavy atom. The van der Waals surface area contributed by atoms with Gasteiger partial charge in [0.15, 0.2) is 0 Å². The number of nitrogens with one attached hydrogen (secondary N) is 1. The summed E-state index contributed by atoms with van der Waals surface area (Å²) in [6.45, 7) is 3.10. The minimum atomic E-state index is 0.336. The molecule has 1 aromatic rings. The van der Waals surface area contributed by atoms with Gasteiger partial charge in [0.1, 0.15) is 5.75 Å². The molecule has 3 nitrogen and oxygen atoms in total. The van der Waals surface area contributed by atoms with Gasteiger partial charge in [-0.3, -0.25) is 0 Å². The zero-order chi connectivity index (χ0) is 12.5. The fourth-order valence-corrected chi connectivity index (χ4v) is 1.66. The topological polar surface area (TPSA) is 45.0 Å². The lowest BCUT2D eigenvalue weighted by atomic mass is 10.1. The lowest BCUT2D eigenvalue weighted by Crippen LogP contribution is -2.19. The number of hydrogen-bond acceptors (Lipinski definition) is 3. The summed E-state index contributed by atoms with van der Waals surface area (Å²) in [6.07, 6.45) is 2.67. The molecule has 0 aliphatic carbocycles. The van der Waals surface area contributed by atoms with Crippen LogP contribution in [-0.2, 0) is 0 Å². The van der Waals surface area contributed by atoms with E-state index in [1.54, 1.807) is 7.11 Å². The van der Waals surface area contributed by atoms with E-state index in [1.165, 1.54) is 5.56 Å². The Morgan fingerprint density at radius 1 is 1.29 bits per heavy atom. The molecule has 1 N–H and O–H groups in total. The minimum absolute atomic E-state index is 0.336. The first-order chi connectivity index (χ1) is 8.27. The van der Waals surface area contributed by atoms with E-state index in [0.29, 0.717) is 12.5 Å². The predicted octanol–water partition coefficient (Wildman–Crippen LogP) is 3.04. The van der Waals surface area contributed by atoms with Gasteiger partial charge < -0.3 is 10.1 Å². The Morgan fingerprint density at radius 2 is 2.00 bits per heavy atom. The van der Waals surface area contributed by atoms with Crippen LogP contribution in [0.15, 0.2) is 24.3 Å². The third-order valence-electron chi connectivity index (χ3n) is 2.78. The van der Waals surface area contributed by atoms with Gasteiger partial charge in [-0.05, 0) is 44.0 Å². The van der Waals surface area contributed by atoms with E-state index in [4.69, 9.17) is 10.00 Å². The zero-order valence-corrected chi connectivity index (χ0v) is 10.6. The standard InChI is InChI=1S/C14H20N2O/c1-12(16-11-5-3-4-10-15)13-6-8-14(17-2)9-7-13/h6-9,12,16H,3-5,11H2,1-2H3/t12-/m0/s1. The summed E-state index contributed by atoms with van der Waals surface area (Å²) < 4.78 is 5.12. The van der Waals surface area contributed by atoms with Gasteiger partial charge in [-0.2, -0.15) is 5.26 Å². The number of hydrogen-bond donors (Lipinski definition) is 1. The molecule has 0 spiro atoms. The number of benzene rings is 1. The first kappa shape index (κ1) is 13.5. The third kappa shape index (κ3) is 4.88. The molecule has 0 bridgehead atoms. The van der Waals surface area contributed by atoms with E-state index in [9.17, 15) is 0 Å². The van der Waals surface area contributed by atoms with Crippen LogP contribution in [0.25, 0.3) is 0 Å². The summed E-state index contributed by atoms with van der Waals surface area (Å²) in [5.74, 6) is 0.884. The molecule has 0 amide bonds. The average Bonchev–Trinajstić information content (AvgIpc) is 2.38. The number of nitrogens with zero attached hydrogens (tertiary/aromatic N) is 1. The second kappa shape index (κ2) is 7.70.